The topological polar surface area (TPSA) is 105 Å². The molecule has 0 unspecified atom stereocenters. The number of benzene rings is 1. The molecule has 2 N–H and O–H groups in total. The van der Waals surface area contributed by atoms with E-state index in [4.69, 9.17) is 9.47 Å². The Labute approximate surface area is 173 Å². The first-order valence-electron chi connectivity index (χ1n) is 9.24. The molecule has 9 nitrogen and oxygen atoms in total. The minimum Gasteiger partial charge on any atom is -0.467 e. The molecule has 3 rings (SSSR count). The maximum Gasteiger partial charge on any atom is 0.408 e. The lowest BCUT2D eigenvalue weighted by atomic mass is 10.2. The highest BCUT2D eigenvalue weighted by molar-refractivity contribution is 5.83. The van der Waals surface area contributed by atoms with Gasteiger partial charge >= 0.3 is 12.1 Å². The highest BCUT2D eigenvalue weighted by Gasteiger charge is 2.23. The summed E-state index contributed by atoms with van der Waals surface area (Å²) in [5.41, 5.74) is 4.69. The van der Waals surface area contributed by atoms with Gasteiger partial charge in [-0.2, -0.15) is 5.43 Å². The number of methoxy groups -OCH3 is 1. The third-order valence-electron chi connectivity index (χ3n) is 4.14. The van der Waals surface area contributed by atoms with Gasteiger partial charge in [0.1, 0.15) is 12.6 Å². The Morgan fingerprint density at radius 1 is 1.20 bits per heavy atom. The Bertz CT molecular complexity index is 958. The van der Waals surface area contributed by atoms with E-state index in [1.54, 1.807) is 41.8 Å². The largest absolute Gasteiger partial charge is 0.467 e. The van der Waals surface area contributed by atoms with Gasteiger partial charge in [0.15, 0.2) is 18.2 Å². The Morgan fingerprint density at radius 3 is 2.63 bits per heavy atom. The van der Waals surface area contributed by atoms with Gasteiger partial charge in [-0.3, -0.25) is 0 Å². The van der Waals surface area contributed by atoms with Crippen LogP contribution in [0.5, 0.6) is 0 Å². The summed E-state index contributed by atoms with van der Waals surface area (Å²) in [6.07, 6.45) is 9.85. The number of carbonyl (C=O) groups excluding carboxylic acids is 2. The molecular formula is C21H22N5O4+. The SMILES string of the molecule is COC(=O)[C@H](CC=[N+]1C=CC(c2ncccn2)=CN1)NC(=O)OCc1ccccc1. The monoisotopic (exact) mass is 408 g/mol. The van der Waals surface area contributed by atoms with Crippen molar-refractivity contribution in [1.82, 2.24) is 20.7 Å². The molecule has 0 saturated carbocycles. The lowest BCUT2D eigenvalue weighted by molar-refractivity contribution is -0.508. The van der Waals surface area contributed by atoms with Gasteiger partial charge in [-0.25, -0.2) is 19.6 Å². The fourth-order valence-corrected chi connectivity index (χ4v) is 2.58. The van der Waals surface area contributed by atoms with E-state index in [1.165, 1.54) is 7.11 Å². The van der Waals surface area contributed by atoms with Gasteiger partial charge in [0.05, 0.1) is 19.7 Å². The van der Waals surface area contributed by atoms with Crippen LogP contribution in [0.2, 0.25) is 0 Å². The molecule has 1 aromatic heterocycles. The lowest BCUT2D eigenvalue weighted by Crippen LogP contribution is -2.42. The number of alkyl carbamates (subject to hydrolysis) is 1. The van der Waals surface area contributed by atoms with Crippen LogP contribution in [-0.2, 0) is 20.9 Å². The summed E-state index contributed by atoms with van der Waals surface area (Å²) in [6, 6.07) is 10.1. The number of hydrogen-bond donors (Lipinski definition) is 2. The van der Waals surface area contributed by atoms with Crippen LogP contribution in [0.25, 0.3) is 5.57 Å². The van der Waals surface area contributed by atoms with E-state index in [0.717, 1.165) is 11.1 Å². The van der Waals surface area contributed by atoms with Crippen LogP contribution in [-0.4, -0.2) is 46.1 Å². The first-order valence-corrected chi connectivity index (χ1v) is 9.24. The Kier molecular flexibility index (Phi) is 7.26. The van der Waals surface area contributed by atoms with Crippen LogP contribution in [0.3, 0.4) is 0 Å². The number of ether oxygens (including phenoxy) is 2. The van der Waals surface area contributed by atoms with Gasteiger partial charge in [-0.05, 0) is 11.6 Å². The summed E-state index contributed by atoms with van der Waals surface area (Å²) in [6.45, 7) is 0.107. The van der Waals surface area contributed by atoms with E-state index in [-0.39, 0.29) is 13.0 Å². The number of nitrogens with zero attached hydrogens (tertiary/aromatic N) is 3. The number of hydrogen-bond acceptors (Lipinski definition) is 7. The normalized spacial score (nSPS) is 15.0. The van der Waals surface area contributed by atoms with Crippen molar-refractivity contribution >= 4 is 23.9 Å². The summed E-state index contributed by atoms with van der Waals surface area (Å²) in [7, 11) is 1.26. The van der Waals surface area contributed by atoms with E-state index in [1.807, 2.05) is 36.4 Å². The Morgan fingerprint density at radius 2 is 1.97 bits per heavy atom. The molecule has 154 valence electrons. The molecule has 0 spiro atoms. The maximum absolute atomic E-state index is 12.1. The second-order valence-corrected chi connectivity index (χ2v) is 6.22. The van der Waals surface area contributed by atoms with Crippen molar-refractivity contribution in [3.05, 3.63) is 78.7 Å². The summed E-state index contributed by atoms with van der Waals surface area (Å²) >= 11 is 0. The second kappa shape index (κ2) is 10.5. The molecule has 2 aromatic rings. The van der Waals surface area contributed by atoms with Gasteiger partial charge in [0.2, 0.25) is 0 Å². The third-order valence-corrected chi connectivity index (χ3v) is 4.14. The minimum absolute atomic E-state index is 0.107. The van der Waals surface area contributed by atoms with Crippen LogP contribution in [0, 0.1) is 0 Å². The van der Waals surface area contributed by atoms with Gasteiger partial charge in [0, 0.05) is 24.0 Å². The zero-order valence-corrected chi connectivity index (χ0v) is 16.4. The average molecular weight is 408 g/mol. The number of allylic oxidation sites excluding steroid dienone is 2. The molecule has 0 radical (unpaired) electrons. The summed E-state index contributed by atoms with van der Waals surface area (Å²) in [5.74, 6) is 0.0222. The molecule has 0 bridgehead atoms. The van der Waals surface area contributed by atoms with Crippen molar-refractivity contribution in [3.8, 4) is 0 Å². The number of carbonyl (C=O) groups is 2. The van der Waals surface area contributed by atoms with Crippen LogP contribution in [0.1, 0.15) is 17.8 Å². The molecular weight excluding hydrogens is 386 g/mol. The molecule has 1 aliphatic heterocycles. The number of aromatic nitrogens is 2. The van der Waals surface area contributed by atoms with Crippen molar-refractivity contribution < 1.29 is 23.7 Å². The zero-order valence-electron chi connectivity index (χ0n) is 16.4. The van der Waals surface area contributed by atoms with Crippen molar-refractivity contribution in [2.75, 3.05) is 7.11 Å². The van der Waals surface area contributed by atoms with Crippen molar-refractivity contribution in [2.24, 2.45) is 0 Å². The fourth-order valence-electron chi connectivity index (χ4n) is 2.58. The lowest BCUT2D eigenvalue weighted by Gasteiger charge is -2.14. The van der Waals surface area contributed by atoms with Crippen LogP contribution in [0.15, 0.2) is 67.3 Å². The van der Waals surface area contributed by atoms with Crippen LogP contribution >= 0.6 is 0 Å². The van der Waals surface area contributed by atoms with Gasteiger partial charge in [-0.15, -0.1) is 0 Å². The molecule has 2 heterocycles. The average Bonchev–Trinajstić information content (AvgIpc) is 2.81. The van der Waals surface area contributed by atoms with Crippen molar-refractivity contribution in [2.45, 2.75) is 19.1 Å². The molecule has 1 amide bonds. The molecule has 1 aliphatic rings. The number of esters is 1. The molecule has 0 aliphatic carbocycles. The van der Waals surface area contributed by atoms with Crippen molar-refractivity contribution in [3.63, 3.8) is 0 Å². The van der Waals surface area contributed by atoms with Crippen molar-refractivity contribution in [1.29, 1.82) is 0 Å². The number of hydrazone groups is 1. The summed E-state index contributed by atoms with van der Waals surface area (Å²) < 4.78 is 11.6. The van der Waals surface area contributed by atoms with E-state index in [0.29, 0.717) is 5.82 Å². The van der Waals surface area contributed by atoms with Crippen LogP contribution < -0.4 is 10.7 Å². The van der Waals surface area contributed by atoms with E-state index < -0.39 is 18.1 Å². The van der Waals surface area contributed by atoms with E-state index in [2.05, 4.69) is 20.7 Å². The summed E-state index contributed by atoms with van der Waals surface area (Å²) in [5, 5.41) is 2.53. The number of nitrogens with one attached hydrogen (secondary N) is 2. The highest BCUT2D eigenvalue weighted by Crippen LogP contribution is 2.11. The quantitative estimate of drug-likeness (QED) is 0.531. The number of amides is 1. The Hall–Kier alpha value is -4.01. The molecule has 1 atom stereocenters. The van der Waals surface area contributed by atoms with Gasteiger partial charge in [-0.1, -0.05) is 35.0 Å². The number of hydrazine groups is 1. The predicted octanol–water partition coefficient (Wildman–Crippen LogP) is 1.79. The maximum atomic E-state index is 12.1. The zero-order chi connectivity index (χ0) is 21.2. The first-order chi connectivity index (χ1) is 14.7. The smallest absolute Gasteiger partial charge is 0.408 e. The highest BCUT2D eigenvalue weighted by atomic mass is 16.6. The summed E-state index contributed by atoms with van der Waals surface area (Å²) in [4.78, 5) is 32.5. The van der Waals surface area contributed by atoms with Crippen LogP contribution in [0.4, 0.5) is 4.79 Å². The van der Waals surface area contributed by atoms with Gasteiger partial charge in [0.25, 0.3) is 0 Å². The second-order valence-electron chi connectivity index (χ2n) is 6.22. The molecule has 0 saturated heterocycles. The van der Waals surface area contributed by atoms with E-state index >= 15 is 0 Å². The fraction of sp³-hybridized carbons (Fsp3) is 0.190. The van der Waals surface area contributed by atoms with E-state index in [9.17, 15) is 9.59 Å². The Balaban J connectivity index is 1.55. The standard InChI is InChI=1S/C21H21N5O4/c1-29-20(27)18(25-21(28)30-15-16-6-3-2-4-7-16)9-13-26-12-8-17(14-24-26)19-22-10-5-11-23-19/h2-8,10-14,18H,9,15H2,1H3,(H-,22,23,24,25,28)/p+1/t18-/m0/s1. The molecule has 1 aromatic carbocycles. The van der Waals surface area contributed by atoms with Gasteiger partial charge < -0.3 is 14.8 Å². The molecule has 30 heavy (non-hydrogen) atoms. The first kappa shape index (κ1) is 20.7. The predicted molar refractivity (Wildman–Crippen MR) is 109 cm³/mol. The molecule has 9 heteroatoms. The minimum atomic E-state index is -0.892. The number of rotatable bonds is 7. The third kappa shape index (κ3) is 5.99. The molecule has 0 fully saturated rings.